The molecule has 12 nitrogen and oxygen atoms in total. The van der Waals surface area contributed by atoms with E-state index < -0.39 is 64.1 Å². The molecule has 0 radical (unpaired) electrons. The number of benzene rings is 2. The van der Waals surface area contributed by atoms with E-state index in [1.54, 1.807) is 12.1 Å². The van der Waals surface area contributed by atoms with Gasteiger partial charge in [-0.15, -0.1) is 0 Å². The van der Waals surface area contributed by atoms with Crippen LogP contribution in [-0.4, -0.2) is 133 Å². The Morgan fingerprint density at radius 1 is 0.661 bits per heavy atom. The molecule has 300 valence electrons. The van der Waals surface area contributed by atoms with E-state index in [1.807, 2.05) is 12.1 Å². The summed E-state index contributed by atoms with van der Waals surface area (Å²) >= 11 is 0. The van der Waals surface area contributed by atoms with Gasteiger partial charge in [0, 0.05) is 36.3 Å². The average molecular weight is 770 g/mol. The summed E-state index contributed by atoms with van der Waals surface area (Å²) in [6, 6.07) is 7.43. The largest absolute Gasteiger partial charge is 0.504 e. The molecule has 13 rings (SSSR count). The fourth-order valence-electron chi connectivity index (χ4n) is 15.7. The first-order valence-electron chi connectivity index (χ1n) is 21.5. The van der Waals surface area contributed by atoms with Crippen molar-refractivity contribution in [3.63, 3.8) is 0 Å². The number of piperidine rings is 2. The molecule has 56 heavy (non-hydrogen) atoms. The molecule has 5 saturated heterocycles. The number of nitrogens with zero attached hydrogens (tertiary/aromatic N) is 3. The van der Waals surface area contributed by atoms with Gasteiger partial charge in [-0.05, 0) is 99.6 Å². The summed E-state index contributed by atoms with van der Waals surface area (Å²) in [5.41, 5.74) is -1.54. The zero-order valence-electron chi connectivity index (χ0n) is 32.9. The van der Waals surface area contributed by atoms with Gasteiger partial charge in [-0.3, -0.25) is 9.80 Å². The lowest BCUT2D eigenvalue weighted by Crippen LogP contribution is -2.81. The lowest BCUT2D eigenvalue weighted by Gasteiger charge is -2.66. The molecule has 0 unspecified atom stereocenters. The smallest absolute Gasteiger partial charge is 0.165 e. The molecular weight excluding hydrogens is 714 g/mol. The van der Waals surface area contributed by atoms with Crippen LogP contribution >= 0.6 is 0 Å². The zero-order valence-corrected chi connectivity index (χ0v) is 32.9. The second-order valence-electron chi connectivity index (χ2n) is 20.5. The Balaban J connectivity index is 0.947. The van der Waals surface area contributed by atoms with Gasteiger partial charge in [-0.25, -0.2) is 4.90 Å². The van der Waals surface area contributed by atoms with E-state index in [9.17, 15) is 20.4 Å². The normalized spacial score (nSPS) is 48.5. The third-order valence-corrected chi connectivity index (χ3v) is 17.3. The number of likely N-dealkylation sites (tertiary alicyclic amines) is 2. The maximum absolute atomic E-state index is 13.3. The van der Waals surface area contributed by atoms with E-state index >= 15 is 0 Å². The monoisotopic (exact) mass is 769 g/mol. The number of ether oxygens (including phenoxy) is 5. The number of phenols is 2. The van der Waals surface area contributed by atoms with E-state index in [2.05, 4.69) is 42.4 Å². The van der Waals surface area contributed by atoms with Crippen molar-refractivity contribution in [1.29, 1.82) is 0 Å². The molecule has 4 aliphatic carbocycles. The predicted molar refractivity (Wildman–Crippen MR) is 201 cm³/mol. The van der Waals surface area contributed by atoms with Crippen molar-refractivity contribution in [3.8, 4) is 23.0 Å². The van der Waals surface area contributed by atoms with Crippen LogP contribution in [0.25, 0.3) is 0 Å². The predicted octanol–water partition coefficient (Wildman–Crippen LogP) is 3.27. The SMILES string of the molecule is CC(C)CN1CC[C@]23c4c5ccc(O)c4O[C@H]2[C@]2(CC[C@@]3(O)[C@H]1C5)O[C@H]1CO[C@@H]3N1[C@H]2O[C@]31CC[C@@]2(O)[C@H]3Cc4ccc(O)c5c4[C@@]2(CCN3CC(C)C)[C@H]1O5. The molecule has 7 fully saturated rings. The Morgan fingerprint density at radius 3 is 1.66 bits per heavy atom. The summed E-state index contributed by atoms with van der Waals surface area (Å²) in [6.07, 6.45) is 2.14. The number of aliphatic hydroxyl groups is 2. The molecule has 7 heterocycles. The quantitative estimate of drug-likeness (QED) is 0.364. The average Bonchev–Trinajstić information content (AvgIpc) is 3.94. The van der Waals surface area contributed by atoms with Crippen molar-refractivity contribution >= 4 is 0 Å². The van der Waals surface area contributed by atoms with Crippen LogP contribution in [0.1, 0.15) is 88.5 Å². The maximum Gasteiger partial charge on any atom is 0.165 e. The van der Waals surface area contributed by atoms with E-state index in [-0.39, 0.29) is 23.6 Å². The number of hydrogen-bond acceptors (Lipinski definition) is 12. The van der Waals surface area contributed by atoms with Crippen LogP contribution in [0, 0.1) is 11.8 Å². The fourth-order valence-corrected chi connectivity index (χ4v) is 15.7. The van der Waals surface area contributed by atoms with Gasteiger partial charge >= 0.3 is 0 Å². The topological polar surface area (TPSA) is 137 Å². The Morgan fingerprint density at radius 2 is 1.16 bits per heavy atom. The van der Waals surface area contributed by atoms with Gasteiger partial charge in [0.1, 0.15) is 42.1 Å². The molecule has 2 saturated carbocycles. The van der Waals surface area contributed by atoms with Crippen molar-refractivity contribution in [3.05, 3.63) is 46.5 Å². The highest BCUT2D eigenvalue weighted by Crippen LogP contribution is 2.74. The molecule has 7 aliphatic heterocycles. The molecule has 2 aromatic rings. The fraction of sp³-hybridized carbons (Fsp3) is 0.727. The molecule has 4 spiro atoms. The minimum Gasteiger partial charge on any atom is -0.504 e. The minimum atomic E-state index is -1.09. The van der Waals surface area contributed by atoms with Gasteiger partial charge in [0.2, 0.25) is 0 Å². The third kappa shape index (κ3) is 3.44. The van der Waals surface area contributed by atoms with Crippen molar-refractivity contribution < 1.29 is 44.1 Å². The van der Waals surface area contributed by atoms with Crippen LogP contribution in [0.15, 0.2) is 24.3 Å². The number of fused-ring (bicyclic) bond motifs is 4. The lowest BCUT2D eigenvalue weighted by atomic mass is 9.46. The number of hydrogen-bond donors (Lipinski definition) is 4. The molecule has 11 aliphatic rings. The van der Waals surface area contributed by atoms with Crippen LogP contribution in [0.2, 0.25) is 0 Å². The maximum atomic E-state index is 13.3. The first-order chi connectivity index (χ1) is 26.8. The third-order valence-electron chi connectivity index (χ3n) is 17.3. The number of aromatic hydroxyl groups is 2. The molecule has 0 amide bonds. The van der Waals surface area contributed by atoms with Crippen LogP contribution in [0.5, 0.6) is 23.0 Å². The van der Waals surface area contributed by atoms with Crippen molar-refractivity contribution in [2.24, 2.45) is 11.8 Å². The minimum absolute atomic E-state index is 0.0820. The van der Waals surface area contributed by atoms with E-state index in [1.165, 1.54) is 0 Å². The Kier molecular flexibility index (Phi) is 6.33. The van der Waals surface area contributed by atoms with Crippen molar-refractivity contribution in [1.82, 2.24) is 14.7 Å². The summed E-state index contributed by atoms with van der Waals surface area (Å²) in [6.45, 7) is 12.8. The van der Waals surface area contributed by atoms with E-state index in [4.69, 9.17) is 23.7 Å². The summed E-state index contributed by atoms with van der Waals surface area (Å²) < 4.78 is 36.1. The highest BCUT2D eigenvalue weighted by molar-refractivity contribution is 5.65. The van der Waals surface area contributed by atoms with Gasteiger partial charge in [0.05, 0.1) is 28.6 Å². The van der Waals surface area contributed by atoms with Gasteiger partial charge in [0.15, 0.2) is 23.0 Å². The molecule has 0 aromatic heterocycles. The second kappa shape index (κ2) is 10.4. The summed E-state index contributed by atoms with van der Waals surface area (Å²) in [4.78, 5) is 7.29. The Hall–Kier alpha value is -2.68. The number of rotatable bonds is 4. The van der Waals surface area contributed by atoms with Crippen molar-refractivity contribution in [2.45, 2.75) is 155 Å². The molecular formula is C44H55N3O9. The zero-order chi connectivity index (χ0) is 38.1. The van der Waals surface area contributed by atoms with Crippen molar-refractivity contribution in [2.75, 3.05) is 32.8 Å². The van der Waals surface area contributed by atoms with Gasteiger partial charge in [-0.1, -0.05) is 39.8 Å². The van der Waals surface area contributed by atoms with Crippen LogP contribution in [0.4, 0.5) is 0 Å². The molecule has 4 bridgehead atoms. The van der Waals surface area contributed by atoms with Gasteiger partial charge in [0.25, 0.3) is 0 Å². The standard InChI is InChI=1S/C44H55N3O9/c1-22(2)19-45-15-13-39-31-24-5-7-26(48)33(31)53-35(39)41(9-11-43(39,50)28(45)17-24)37-47-30(21-52-37)55-42(38(47)56-41)10-12-44(51)29-18-25-6-8-27(49)34-32(25)40(44,36(42)54-34)14-16-46(29)20-23(3)4/h5-8,22-23,28-30,35-38,48-51H,9-21H2,1-4H3/t28-,29-,30+,35-,36-,37+,38+,39+,40+,41+,42+,43-,44-/m1/s1. The Labute approximate surface area is 327 Å². The second-order valence-corrected chi connectivity index (χ2v) is 20.5. The number of phenolic OH excluding ortho intramolecular Hbond substituents is 2. The molecule has 2 aromatic carbocycles. The van der Waals surface area contributed by atoms with E-state index in [0.717, 1.165) is 48.4 Å². The first-order valence-corrected chi connectivity index (χ1v) is 21.5. The summed E-state index contributed by atoms with van der Waals surface area (Å²) in [5.74, 6) is 2.09. The van der Waals surface area contributed by atoms with Gasteiger partial charge < -0.3 is 44.1 Å². The van der Waals surface area contributed by atoms with Crippen LogP contribution in [-0.2, 0) is 37.9 Å². The summed E-state index contributed by atoms with van der Waals surface area (Å²) in [7, 11) is 0. The molecule has 13 atom stereocenters. The highest BCUT2D eigenvalue weighted by Gasteiger charge is 2.86. The van der Waals surface area contributed by atoms with Crippen LogP contribution in [0.3, 0.4) is 0 Å². The lowest BCUT2D eigenvalue weighted by molar-refractivity contribution is -0.287. The Bertz CT molecular complexity index is 1980. The highest BCUT2D eigenvalue weighted by atomic mass is 16.7. The molecule has 12 heteroatoms. The van der Waals surface area contributed by atoms with Gasteiger partial charge in [-0.2, -0.15) is 0 Å². The summed E-state index contributed by atoms with van der Waals surface area (Å²) in [5, 5.41) is 49.6. The molecule has 4 N–H and O–H groups in total. The van der Waals surface area contributed by atoms with E-state index in [0.29, 0.717) is 81.3 Å². The first kappa shape index (κ1) is 34.2. The van der Waals surface area contributed by atoms with Crippen LogP contribution < -0.4 is 9.47 Å².